The molecule has 0 bridgehead atoms. The Morgan fingerprint density at radius 3 is 2.32 bits per heavy atom. The second kappa shape index (κ2) is 4.89. The van der Waals surface area contributed by atoms with E-state index in [-0.39, 0.29) is 4.90 Å². The van der Waals surface area contributed by atoms with Crippen LogP contribution in [0.4, 0.5) is 15.8 Å². The predicted molar refractivity (Wildman–Crippen MR) is 72.8 cm³/mol. The maximum Gasteiger partial charge on any atom is 0.261 e. The van der Waals surface area contributed by atoms with Crippen LogP contribution in [0.15, 0.2) is 47.4 Å². The van der Waals surface area contributed by atoms with E-state index in [4.69, 9.17) is 5.73 Å². The molecule has 0 saturated carbocycles. The second-order valence-corrected chi connectivity index (χ2v) is 5.81. The summed E-state index contributed by atoms with van der Waals surface area (Å²) in [5.41, 5.74) is 7.19. The molecule has 6 heteroatoms. The Hall–Kier alpha value is -2.08. The van der Waals surface area contributed by atoms with Gasteiger partial charge in [-0.1, -0.05) is 6.07 Å². The number of aryl methyl sites for hydroxylation is 1. The molecule has 2 aromatic rings. The van der Waals surface area contributed by atoms with Gasteiger partial charge in [-0.25, -0.2) is 12.8 Å². The van der Waals surface area contributed by atoms with Crippen LogP contribution in [0.25, 0.3) is 0 Å². The molecule has 0 spiro atoms. The van der Waals surface area contributed by atoms with Gasteiger partial charge in [-0.3, -0.25) is 4.72 Å². The quantitative estimate of drug-likeness (QED) is 0.848. The van der Waals surface area contributed by atoms with Crippen molar-refractivity contribution in [1.29, 1.82) is 0 Å². The highest BCUT2D eigenvalue weighted by Crippen LogP contribution is 2.20. The summed E-state index contributed by atoms with van der Waals surface area (Å²) in [7, 11) is -3.72. The van der Waals surface area contributed by atoms with E-state index < -0.39 is 15.8 Å². The van der Waals surface area contributed by atoms with Gasteiger partial charge in [0.15, 0.2) is 0 Å². The molecule has 0 aromatic heterocycles. The van der Waals surface area contributed by atoms with Crippen LogP contribution in [0.3, 0.4) is 0 Å². The van der Waals surface area contributed by atoms with Crippen LogP contribution in [0, 0.1) is 12.7 Å². The molecule has 0 atom stereocenters. The van der Waals surface area contributed by atoms with Crippen LogP contribution in [0.5, 0.6) is 0 Å². The maximum atomic E-state index is 12.7. The number of anilines is 2. The topological polar surface area (TPSA) is 72.2 Å². The predicted octanol–water partition coefficient (Wildman–Crippen LogP) is 2.52. The number of hydrogen-bond acceptors (Lipinski definition) is 3. The van der Waals surface area contributed by atoms with Gasteiger partial charge in [0, 0.05) is 11.4 Å². The van der Waals surface area contributed by atoms with Crippen molar-refractivity contribution in [2.45, 2.75) is 11.8 Å². The largest absolute Gasteiger partial charge is 0.398 e. The van der Waals surface area contributed by atoms with Crippen molar-refractivity contribution in [1.82, 2.24) is 0 Å². The average Bonchev–Trinajstić information content (AvgIpc) is 2.35. The zero-order chi connectivity index (χ0) is 14.0. The van der Waals surface area contributed by atoms with Crippen molar-refractivity contribution >= 4 is 21.4 Å². The molecule has 19 heavy (non-hydrogen) atoms. The van der Waals surface area contributed by atoms with E-state index in [0.717, 1.165) is 5.56 Å². The molecule has 0 heterocycles. The van der Waals surface area contributed by atoms with Gasteiger partial charge in [0.2, 0.25) is 0 Å². The summed E-state index contributed by atoms with van der Waals surface area (Å²) in [5, 5.41) is 0. The third-order valence-electron chi connectivity index (χ3n) is 2.66. The number of rotatable bonds is 3. The minimum atomic E-state index is -3.72. The van der Waals surface area contributed by atoms with E-state index in [1.807, 2.05) is 0 Å². The Labute approximate surface area is 111 Å². The fraction of sp³-hybridized carbons (Fsp3) is 0.0769. The van der Waals surface area contributed by atoms with Crippen molar-refractivity contribution in [3.63, 3.8) is 0 Å². The van der Waals surface area contributed by atoms with E-state index in [9.17, 15) is 12.8 Å². The van der Waals surface area contributed by atoms with Crippen LogP contribution in [0.1, 0.15) is 5.56 Å². The van der Waals surface area contributed by atoms with E-state index in [0.29, 0.717) is 11.4 Å². The Balaban J connectivity index is 2.32. The molecule has 0 aliphatic carbocycles. The summed E-state index contributed by atoms with van der Waals surface area (Å²) in [6.45, 7) is 1.79. The van der Waals surface area contributed by atoms with Crippen molar-refractivity contribution in [3.8, 4) is 0 Å². The molecule has 4 nitrogen and oxygen atoms in total. The van der Waals surface area contributed by atoms with Gasteiger partial charge in [0.05, 0.1) is 4.90 Å². The number of nitrogens with two attached hydrogens (primary N) is 1. The van der Waals surface area contributed by atoms with Crippen molar-refractivity contribution < 1.29 is 12.8 Å². The molecular weight excluding hydrogens is 267 g/mol. The van der Waals surface area contributed by atoms with Gasteiger partial charge in [-0.05, 0) is 48.9 Å². The molecule has 2 aromatic carbocycles. The lowest BCUT2D eigenvalue weighted by Gasteiger charge is -2.09. The van der Waals surface area contributed by atoms with Crippen LogP contribution in [0.2, 0.25) is 0 Å². The third kappa shape index (κ3) is 3.03. The molecule has 0 saturated heterocycles. The number of benzene rings is 2. The number of nitrogen functional groups attached to an aromatic ring is 1. The van der Waals surface area contributed by atoms with Gasteiger partial charge in [0.1, 0.15) is 5.82 Å². The van der Waals surface area contributed by atoms with E-state index in [1.165, 1.54) is 36.4 Å². The van der Waals surface area contributed by atoms with E-state index >= 15 is 0 Å². The minimum absolute atomic E-state index is 0.0694. The minimum Gasteiger partial charge on any atom is -0.398 e. The number of nitrogens with one attached hydrogen (secondary N) is 1. The molecule has 100 valence electrons. The fourth-order valence-electron chi connectivity index (χ4n) is 1.52. The number of halogens is 1. The lowest BCUT2D eigenvalue weighted by molar-refractivity contribution is 0.601. The molecule has 0 aliphatic heterocycles. The van der Waals surface area contributed by atoms with Crippen LogP contribution < -0.4 is 10.5 Å². The Morgan fingerprint density at radius 1 is 1.11 bits per heavy atom. The van der Waals surface area contributed by atoms with Gasteiger partial charge in [-0.15, -0.1) is 0 Å². The first-order valence-corrected chi connectivity index (χ1v) is 7.01. The van der Waals surface area contributed by atoms with Crippen LogP contribution in [-0.2, 0) is 10.0 Å². The lowest BCUT2D eigenvalue weighted by atomic mass is 10.2. The van der Waals surface area contributed by atoms with Gasteiger partial charge in [-0.2, -0.15) is 0 Å². The first-order chi connectivity index (χ1) is 8.88. The summed E-state index contributed by atoms with van der Waals surface area (Å²) >= 11 is 0. The summed E-state index contributed by atoms with van der Waals surface area (Å²) in [6.07, 6.45) is 0. The lowest BCUT2D eigenvalue weighted by Crippen LogP contribution is -2.13. The molecule has 0 aliphatic rings. The van der Waals surface area contributed by atoms with Gasteiger partial charge in [0.25, 0.3) is 10.0 Å². The highest BCUT2D eigenvalue weighted by Gasteiger charge is 2.14. The second-order valence-electron chi connectivity index (χ2n) is 4.13. The Kier molecular flexibility index (Phi) is 3.44. The van der Waals surface area contributed by atoms with Gasteiger partial charge < -0.3 is 5.73 Å². The molecule has 0 fully saturated rings. The highest BCUT2D eigenvalue weighted by atomic mass is 32.2. The molecule has 2 rings (SSSR count). The zero-order valence-electron chi connectivity index (χ0n) is 10.2. The van der Waals surface area contributed by atoms with Crippen LogP contribution >= 0.6 is 0 Å². The number of hydrogen-bond donors (Lipinski definition) is 2. The molecule has 0 unspecified atom stereocenters. The highest BCUT2D eigenvalue weighted by molar-refractivity contribution is 7.92. The SMILES string of the molecule is Cc1ccc(S(=O)(=O)Nc2ccc(F)cc2)cc1N. The summed E-state index contributed by atoms with van der Waals surface area (Å²) in [4.78, 5) is 0.0694. The smallest absolute Gasteiger partial charge is 0.261 e. The van der Waals surface area contributed by atoms with E-state index in [1.54, 1.807) is 13.0 Å². The van der Waals surface area contributed by atoms with Crippen molar-refractivity contribution in [2.24, 2.45) is 0 Å². The Bertz CT molecular complexity index is 697. The summed E-state index contributed by atoms with van der Waals surface area (Å²) in [6, 6.07) is 9.56. The summed E-state index contributed by atoms with van der Waals surface area (Å²) < 4.78 is 39.3. The van der Waals surface area contributed by atoms with Crippen molar-refractivity contribution in [2.75, 3.05) is 10.5 Å². The standard InChI is InChI=1S/C13H13FN2O2S/c1-9-2-7-12(8-13(9)15)19(17,18)16-11-5-3-10(14)4-6-11/h2-8,16H,15H2,1H3. The summed E-state index contributed by atoms with van der Waals surface area (Å²) in [5.74, 6) is -0.428. The molecule has 0 radical (unpaired) electrons. The zero-order valence-corrected chi connectivity index (χ0v) is 11.0. The molecule has 0 amide bonds. The van der Waals surface area contributed by atoms with Crippen LogP contribution in [-0.4, -0.2) is 8.42 Å². The number of sulfonamides is 1. The normalized spacial score (nSPS) is 11.3. The monoisotopic (exact) mass is 280 g/mol. The fourth-order valence-corrected chi connectivity index (χ4v) is 2.61. The third-order valence-corrected chi connectivity index (χ3v) is 4.04. The Morgan fingerprint density at radius 2 is 1.74 bits per heavy atom. The first-order valence-electron chi connectivity index (χ1n) is 5.53. The molecular formula is C13H13FN2O2S. The first kappa shape index (κ1) is 13.4. The average molecular weight is 280 g/mol. The van der Waals surface area contributed by atoms with E-state index in [2.05, 4.69) is 4.72 Å². The van der Waals surface area contributed by atoms with Gasteiger partial charge >= 0.3 is 0 Å². The maximum absolute atomic E-state index is 12.7. The molecule has 3 N–H and O–H groups in total. The van der Waals surface area contributed by atoms with Crippen molar-refractivity contribution in [3.05, 3.63) is 53.8 Å².